The largest absolute Gasteiger partial charge is 0.466 e. The molecule has 25 heavy (non-hydrogen) atoms. The van der Waals surface area contributed by atoms with Crippen molar-refractivity contribution in [3.05, 3.63) is 29.8 Å². The van der Waals surface area contributed by atoms with Gasteiger partial charge in [-0.15, -0.1) is 0 Å². The SMILES string of the molecule is CCOC(=O)[C@H]1CCC[C@@H]1[C@H](C[Si](C)(C)C)[S@@](=O)c1ccc(C)cc1. The highest BCUT2D eigenvalue weighted by atomic mass is 32.2. The minimum atomic E-state index is -1.42. The summed E-state index contributed by atoms with van der Waals surface area (Å²) < 4.78 is 18.7. The Kier molecular flexibility index (Phi) is 7.03. The number of ether oxygens (including phenoxy) is 1. The molecule has 0 heterocycles. The Hall–Kier alpha value is -0.943. The van der Waals surface area contributed by atoms with Crippen LogP contribution in [0.2, 0.25) is 25.7 Å². The maximum atomic E-state index is 13.4. The van der Waals surface area contributed by atoms with Gasteiger partial charge in [0.2, 0.25) is 0 Å². The first-order valence-corrected chi connectivity index (χ1v) is 14.3. The Bertz CT molecular complexity index is 606. The third kappa shape index (κ3) is 5.51. The van der Waals surface area contributed by atoms with Gasteiger partial charge < -0.3 is 4.74 Å². The van der Waals surface area contributed by atoms with Crippen molar-refractivity contribution in [2.75, 3.05) is 6.61 Å². The predicted molar refractivity (Wildman–Crippen MR) is 107 cm³/mol. The van der Waals surface area contributed by atoms with Crippen LogP contribution in [0.3, 0.4) is 0 Å². The fourth-order valence-corrected chi connectivity index (χ4v) is 8.82. The Morgan fingerprint density at radius 1 is 1.24 bits per heavy atom. The molecule has 1 aliphatic rings. The smallest absolute Gasteiger partial charge is 0.309 e. The molecule has 140 valence electrons. The second-order valence-electron chi connectivity index (χ2n) is 8.37. The van der Waals surface area contributed by atoms with E-state index in [1.807, 2.05) is 38.1 Å². The first-order chi connectivity index (χ1) is 11.7. The summed E-state index contributed by atoms with van der Waals surface area (Å²) in [5.74, 6) is -0.00454. The van der Waals surface area contributed by atoms with E-state index in [1.54, 1.807) is 0 Å². The standard InChI is InChI=1S/C20H32O3SSi/c1-6-23-20(21)18-9-7-8-17(18)19(14-25(3,4)5)24(22)16-12-10-15(2)11-13-16/h10-13,17-19H,6-9,14H2,1-5H3/t17-,18-,19-,24-/m0/s1. The third-order valence-electron chi connectivity index (χ3n) is 4.98. The van der Waals surface area contributed by atoms with Gasteiger partial charge in [-0.1, -0.05) is 43.8 Å². The molecule has 1 aromatic carbocycles. The maximum Gasteiger partial charge on any atom is 0.309 e. The molecule has 4 atom stereocenters. The second-order valence-corrected chi connectivity index (χ2v) is 15.6. The summed E-state index contributed by atoms with van der Waals surface area (Å²) in [5.41, 5.74) is 1.17. The fourth-order valence-electron chi connectivity index (χ4n) is 3.81. The van der Waals surface area contributed by atoms with Crippen LogP contribution in [0.25, 0.3) is 0 Å². The molecule has 0 bridgehead atoms. The first-order valence-electron chi connectivity index (χ1n) is 9.37. The van der Waals surface area contributed by atoms with E-state index in [1.165, 1.54) is 5.56 Å². The molecular formula is C20H32O3SSi. The van der Waals surface area contributed by atoms with E-state index < -0.39 is 18.9 Å². The Balaban J connectivity index is 2.30. The van der Waals surface area contributed by atoms with Crippen molar-refractivity contribution < 1.29 is 13.7 Å². The van der Waals surface area contributed by atoms with Crippen LogP contribution in [0.1, 0.15) is 31.7 Å². The second kappa shape index (κ2) is 8.63. The molecule has 0 aromatic heterocycles. The molecule has 1 aromatic rings. The number of aryl methyl sites for hydroxylation is 1. The minimum Gasteiger partial charge on any atom is -0.466 e. The third-order valence-corrected chi connectivity index (χ3v) is 8.74. The van der Waals surface area contributed by atoms with E-state index in [-0.39, 0.29) is 23.1 Å². The van der Waals surface area contributed by atoms with Gasteiger partial charge in [0.25, 0.3) is 0 Å². The highest BCUT2D eigenvalue weighted by molar-refractivity contribution is 7.85. The number of rotatable bonds is 7. The van der Waals surface area contributed by atoms with Gasteiger partial charge in [-0.3, -0.25) is 9.00 Å². The van der Waals surface area contributed by atoms with E-state index in [2.05, 4.69) is 19.6 Å². The van der Waals surface area contributed by atoms with E-state index in [4.69, 9.17) is 4.74 Å². The zero-order chi connectivity index (χ0) is 18.6. The lowest BCUT2D eigenvalue weighted by Gasteiger charge is -2.31. The lowest BCUT2D eigenvalue weighted by Crippen LogP contribution is -2.38. The highest BCUT2D eigenvalue weighted by Gasteiger charge is 2.43. The van der Waals surface area contributed by atoms with Crippen LogP contribution in [0, 0.1) is 18.8 Å². The van der Waals surface area contributed by atoms with Gasteiger partial charge >= 0.3 is 5.97 Å². The van der Waals surface area contributed by atoms with Crippen LogP contribution in [0.5, 0.6) is 0 Å². The minimum absolute atomic E-state index is 0.0475. The van der Waals surface area contributed by atoms with Crippen LogP contribution in [0.4, 0.5) is 0 Å². The normalized spacial score (nSPS) is 23.2. The Labute approximate surface area is 156 Å². The molecule has 0 radical (unpaired) electrons. The molecule has 3 nitrogen and oxygen atoms in total. The van der Waals surface area contributed by atoms with Gasteiger partial charge in [-0.25, -0.2) is 0 Å². The summed E-state index contributed by atoms with van der Waals surface area (Å²) >= 11 is 0. The van der Waals surface area contributed by atoms with Crippen molar-refractivity contribution in [3.63, 3.8) is 0 Å². The zero-order valence-electron chi connectivity index (χ0n) is 16.2. The number of esters is 1. The summed E-state index contributed by atoms with van der Waals surface area (Å²) in [5, 5.41) is 0.0475. The molecule has 0 unspecified atom stereocenters. The molecule has 2 rings (SSSR count). The number of hydrogen-bond acceptors (Lipinski definition) is 3. The van der Waals surface area contributed by atoms with Gasteiger partial charge in [-0.05, 0) is 50.8 Å². The van der Waals surface area contributed by atoms with Crippen LogP contribution in [-0.4, -0.2) is 30.1 Å². The summed E-state index contributed by atoms with van der Waals surface area (Å²) in [7, 11) is -2.50. The van der Waals surface area contributed by atoms with Crippen molar-refractivity contribution in [2.24, 2.45) is 11.8 Å². The molecule has 0 aliphatic heterocycles. The number of carbonyl (C=O) groups excluding carboxylic acids is 1. The van der Waals surface area contributed by atoms with Gasteiger partial charge in [-0.2, -0.15) is 0 Å². The van der Waals surface area contributed by atoms with Gasteiger partial charge in [0.15, 0.2) is 0 Å². The summed E-state index contributed by atoms with van der Waals surface area (Å²) in [6, 6.07) is 8.99. The van der Waals surface area contributed by atoms with Crippen LogP contribution < -0.4 is 0 Å². The van der Waals surface area contributed by atoms with E-state index >= 15 is 0 Å². The molecule has 0 spiro atoms. The van der Waals surface area contributed by atoms with Crippen LogP contribution >= 0.6 is 0 Å². The number of carbonyl (C=O) groups is 1. The van der Waals surface area contributed by atoms with Gasteiger partial charge in [0, 0.05) is 18.2 Å². The zero-order valence-corrected chi connectivity index (χ0v) is 18.0. The van der Waals surface area contributed by atoms with E-state index in [0.29, 0.717) is 6.61 Å². The number of hydrogen-bond donors (Lipinski definition) is 0. The Morgan fingerprint density at radius 2 is 1.88 bits per heavy atom. The lowest BCUT2D eigenvalue weighted by molar-refractivity contribution is -0.149. The van der Waals surface area contributed by atoms with Crippen molar-refractivity contribution in [1.82, 2.24) is 0 Å². The van der Waals surface area contributed by atoms with Gasteiger partial charge in [0.1, 0.15) is 0 Å². The fraction of sp³-hybridized carbons (Fsp3) is 0.650. The highest BCUT2D eigenvalue weighted by Crippen LogP contribution is 2.41. The predicted octanol–water partition coefficient (Wildman–Crippen LogP) is 4.79. The lowest BCUT2D eigenvalue weighted by atomic mass is 9.93. The quantitative estimate of drug-likeness (QED) is 0.504. The summed E-state index contributed by atoms with van der Waals surface area (Å²) in [6.45, 7) is 11.3. The van der Waals surface area contributed by atoms with Crippen LogP contribution in [-0.2, 0) is 20.3 Å². The van der Waals surface area contributed by atoms with E-state index in [9.17, 15) is 9.00 Å². The topological polar surface area (TPSA) is 43.4 Å². The van der Waals surface area contributed by atoms with Crippen molar-refractivity contribution in [1.29, 1.82) is 0 Å². The molecule has 1 aliphatic carbocycles. The average Bonchev–Trinajstić information content (AvgIpc) is 3.01. The number of benzene rings is 1. The monoisotopic (exact) mass is 380 g/mol. The molecular weight excluding hydrogens is 348 g/mol. The van der Waals surface area contributed by atoms with E-state index in [0.717, 1.165) is 30.2 Å². The molecule has 5 heteroatoms. The first kappa shape index (κ1) is 20.4. The Morgan fingerprint density at radius 3 is 2.44 bits per heavy atom. The van der Waals surface area contributed by atoms with Crippen molar-refractivity contribution >= 4 is 24.8 Å². The summed E-state index contributed by atoms with van der Waals surface area (Å²) in [4.78, 5) is 13.3. The van der Waals surface area contributed by atoms with Gasteiger partial charge in [0.05, 0.1) is 23.3 Å². The molecule has 0 saturated heterocycles. The molecule has 0 amide bonds. The van der Waals surface area contributed by atoms with Crippen molar-refractivity contribution in [2.45, 2.75) is 68.9 Å². The molecule has 0 N–H and O–H groups in total. The van der Waals surface area contributed by atoms with Crippen molar-refractivity contribution in [3.8, 4) is 0 Å². The molecule has 1 saturated carbocycles. The molecule has 1 fully saturated rings. The van der Waals surface area contributed by atoms with Crippen LogP contribution in [0.15, 0.2) is 29.2 Å². The summed E-state index contributed by atoms with van der Waals surface area (Å²) in [6.07, 6.45) is 2.88. The maximum absolute atomic E-state index is 13.4. The average molecular weight is 381 g/mol.